The molecule has 0 bridgehead atoms. The predicted octanol–water partition coefficient (Wildman–Crippen LogP) is 2.66. The first-order chi connectivity index (χ1) is 10.3. The molecule has 0 saturated heterocycles. The third-order valence-electron chi connectivity index (χ3n) is 2.31. The maximum atomic E-state index is 11.4. The number of hydrogen-bond acceptors (Lipinski definition) is 3. The quantitative estimate of drug-likeness (QED) is 0.665. The fourth-order valence-electron chi connectivity index (χ4n) is 1.49. The van der Waals surface area contributed by atoms with Crippen molar-refractivity contribution in [3.63, 3.8) is 0 Å². The number of carbonyl (C=O) groups excluding carboxylic acids is 1. The number of rotatable bonds is 3. The molecule has 0 radical (unpaired) electrons. The lowest BCUT2D eigenvalue weighted by molar-refractivity contribution is -0.131. The highest BCUT2D eigenvalue weighted by Gasteiger charge is 2.14. The average Bonchev–Trinajstić information content (AvgIpc) is 2.40. The average molecular weight is 301 g/mol. The minimum Gasteiger partial charge on any atom is -0.478 e. The predicted molar refractivity (Wildman–Crippen MR) is 84.2 cm³/mol. The third-order valence-corrected chi connectivity index (χ3v) is 2.31. The second kappa shape index (κ2) is 7.89. The Morgan fingerprint density at radius 1 is 1.32 bits per heavy atom. The molecule has 1 amide bonds. The van der Waals surface area contributed by atoms with Gasteiger partial charge in [0, 0.05) is 11.6 Å². The highest BCUT2D eigenvalue weighted by Crippen LogP contribution is 2.09. The summed E-state index contributed by atoms with van der Waals surface area (Å²) < 4.78 is 5.08. The lowest BCUT2D eigenvalue weighted by Gasteiger charge is -2.19. The summed E-state index contributed by atoms with van der Waals surface area (Å²) in [5.74, 6) is 4.67. The van der Waals surface area contributed by atoms with E-state index in [4.69, 9.17) is 9.84 Å². The van der Waals surface area contributed by atoms with Crippen molar-refractivity contribution in [1.29, 1.82) is 0 Å². The molecule has 5 nitrogen and oxygen atoms in total. The lowest BCUT2D eigenvalue weighted by atomic mass is 10.1. The molecule has 0 aliphatic rings. The van der Waals surface area contributed by atoms with E-state index in [1.165, 1.54) is 6.08 Å². The molecule has 1 aromatic carbocycles. The molecule has 5 heteroatoms. The van der Waals surface area contributed by atoms with Crippen LogP contribution < -0.4 is 5.32 Å². The van der Waals surface area contributed by atoms with Crippen molar-refractivity contribution in [3.05, 3.63) is 41.5 Å². The van der Waals surface area contributed by atoms with Gasteiger partial charge in [-0.2, -0.15) is 0 Å². The minimum atomic E-state index is -1.02. The molecule has 1 aromatic rings. The van der Waals surface area contributed by atoms with E-state index in [0.717, 1.165) is 6.08 Å². The number of hydrogen-bond donors (Lipinski definition) is 2. The van der Waals surface area contributed by atoms with Gasteiger partial charge in [0.05, 0.1) is 6.54 Å². The summed E-state index contributed by atoms with van der Waals surface area (Å²) in [7, 11) is 0. The number of ether oxygens (including phenoxy) is 1. The minimum absolute atomic E-state index is 0.145. The zero-order chi connectivity index (χ0) is 16.6. The van der Waals surface area contributed by atoms with Gasteiger partial charge in [0.2, 0.25) is 0 Å². The van der Waals surface area contributed by atoms with Gasteiger partial charge in [-0.1, -0.05) is 30.0 Å². The third kappa shape index (κ3) is 7.15. The molecule has 0 unspecified atom stereocenters. The largest absolute Gasteiger partial charge is 0.478 e. The maximum Gasteiger partial charge on any atom is 0.408 e. The van der Waals surface area contributed by atoms with E-state index in [1.54, 1.807) is 39.0 Å². The van der Waals surface area contributed by atoms with Crippen LogP contribution in [0, 0.1) is 11.8 Å². The molecule has 0 spiro atoms. The summed E-state index contributed by atoms with van der Waals surface area (Å²) in [5.41, 5.74) is 0.840. The van der Waals surface area contributed by atoms with E-state index < -0.39 is 17.7 Å². The van der Waals surface area contributed by atoms with Crippen LogP contribution >= 0.6 is 0 Å². The normalized spacial score (nSPS) is 10.7. The second-order valence-corrected chi connectivity index (χ2v) is 5.42. The van der Waals surface area contributed by atoms with Crippen molar-refractivity contribution in [1.82, 2.24) is 5.32 Å². The van der Waals surface area contributed by atoms with E-state index >= 15 is 0 Å². The maximum absolute atomic E-state index is 11.4. The van der Waals surface area contributed by atoms with E-state index in [-0.39, 0.29) is 6.54 Å². The van der Waals surface area contributed by atoms with Crippen LogP contribution in [0.15, 0.2) is 30.3 Å². The molecule has 0 saturated carbocycles. The number of alkyl carbamates (subject to hydrolysis) is 1. The number of carboxylic acid groups (broad SMARTS) is 1. The van der Waals surface area contributed by atoms with Crippen molar-refractivity contribution < 1.29 is 19.4 Å². The lowest BCUT2D eigenvalue weighted by Crippen LogP contribution is -2.32. The standard InChI is InChI=1S/C17H19NO4/c1-17(2,3)22-16(21)18-12-6-9-13-7-4-5-8-14(13)10-11-15(19)20/h4-5,7-8,10-11H,12H2,1-3H3,(H,18,21)(H,19,20)/b11-10+. The van der Waals surface area contributed by atoms with Gasteiger partial charge in [-0.15, -0.1) is 0 Å². The Morgan fingerprint density at radius 2 is 2.00 bits per heavy atom. The van der Waals surface area contributed by atoms with E-state index in [9.17, 15) is 9.59 Å². The monoisotopic (exact) mass is 301 g/mol. The first-order valence-electron chi connectivity index (χ1n) is 6.74. The topological polar surface area (TPSA) is 75.6 Å². The summed E-state index contributed by atoms with van der Waals surface area (Å²) in [6.07, 6.45) is 2.01. The van der Waals surface area contributed by atoms with Crippen LogP contribution in [0.5, 0.6) is 0 Å². The van der Waals surface area contributed by atoms with Crippen LogP contribution in [0.1, 0.15) is 31.9 Å². The van der Waals surface area contributed by atoms with Gasteiger partial charge in [-0.05, 0) is 38.5 Å². The highest BCUT2D eigenvalue weighted by molar-refractivity contribution is 5.85. The van der Waals surface area contributed by atoms with Crippen molar-refractivity contribution in [3.8, 4) is 11.8 Å². The fourth-order valence-corrected chi connectivity index (χ4v) is 1.49. The van der Waals surface area contributed by atoms with Crippen molar-refractivity contribution in [2.45, 2.75) is 26.4 Å². The molecule has 0 atom stereocenters. The van der Waals surface area contributed by atoms with Crippen LogP contribution in [0.3, 0.4) is 0 Å². The Morgan fingerprint density at radius 3 is 2.64 bits per heavy atom. The molecule has 2 N–H and O–H groups in total. The first-order valence-corrected chi connectivity index (χ1v) is 6.74. The Labute approximate surface area is 130 Å². The molecular formula is C17H19NO4. The molecule has 0 aliphatic heterocycles. The van der Waals surface area contributed by atoms with E-state index in [2.05, 4.69) is 17.2 Å². The smallest absolute Gasteiger partial charge is 0.408 e. The first kappa shape index (κ1) is 17.3. The Kier molecular flexibility index (Phi) is 6.21. The Balaban J connectivity index is 2.65. The van der Waals surface area contributed by atoms with Gasteiger partial charge in [0.15, 0.2) is 0 Å². The van der Waals surface area contributed by atoms with Crippen molar-refractivity contribution in [2.75, 3.05) is 6.54 Å². The summed E-state index contributed by atoms with van der Waals surface area (Å²) in [4.78, 5) is 22.0. The molecule has 1 rings (SSSR count). The Bertz CT molecular complexity index is 630. The van der Waals surface area contributed by atoms with Crippen molar-refractivity contribution in [2.24, 2.45) is 0 Å². The highest BCUT2D eigenvalue weighted by atomic mass is 16.6. The summed E-state index contributed by atoms with van der Waals surface area (Å²) in [5, 5.41) is 11.2. The van der Waals surface area contributed by atoms with Gasteiger partial charge < -0.3 is 15.2 Å². The number of aliphatic carboxylic acids is 1. The van der Waals surface area contributed by atoms with Crippen LogP contribution in [-0.2, 0) is 9.53 Å². The zero-order valence-corrected chi connectivity index (χ0v) is 12.8. The Hall–Kier alpha value is -2.74. The van der Waals surface area contributed by atoms with Crippen LogP contribution in [0.4, 0.5) is 4.79 Å². The molecular weight excluding hydrogens is 282 g/mol. The van der Waals surface area contributed by atoms with E-state index in [1.807, 2.05) is 6.07 Å². The van der Waals surface area contributed by atoms with Crippen LogP contribution in [0.25, 0.3) is 6.08 Å². The zero-order valence-electron chi connectivity index (χ0n) is 12.8. The number of nitrogens with one attached hydrogen (secondary N) is 1. The van der Waals surface area contributed by atoms with Gasteiger partial charge in [-0.25, -0.2) is 9.59 Å². The number of benzene rings is 1. The number of amides is 1. The molecule has 0 aliphatic carbocycles. The number of carbonyl (C=O) groups is 2. The summed E-state index contributed by atoms with van der Waals surface area (Å²) in [6.45, 7) is 5.49. The van der Waals surface area contributed by atoms with Gasteiger partial charge in [-0.3, -0.25) is 0 Å². The van der Waals surface area contributed by atoms with Crippen LogP contribution in [-0.4, -0.2) is 29.3 Å². The summed E-state index contributed by atoms with van der Waals surface area (Å²) in [6, 6.07) is 7.15. The van der Waals surface area contributed by atoms with E-state index in [0.29, 0.717) is 11.1 Å². The number of carboxylic acids is 1. The molecule has 22 heavy (non-hydrogen) atoms. The van der Waals surface area contributed by atoms with Gasteiger partial charge in [0.25, 0.3) is 0 Å². The van der Waals surface area contributed by atoms with Crippen molar-refractivity contribution >= 4 is 18.1 Å². The summed E-state index contributed by atoms with van der Waals surface area (Å²) >= 11 is 0. The molecule has 0 aromatic heterocycles. The van der Waals surface area contributed by atoms with Gasteiger partial charge >= 0.3 is 12.1 Å². The molecule has 0 fully saturated rings. The second-order valence-electron chi connectivity index (χ2n) is 5.42. The fraction of sp³-hybridized carbons (Fsp3) is 0.294. The SMILES string of the molecule is CC(C)(C)OC(=O)NCC#Cc1ccccc1/C=C/C(=O)O. The van der Waals surface area contributed by atoms with Gasteiger partial charge in [0.1, 0.15) is 5.60 Å². The van der Waals surface area contributed by atoms with Crippen LogP contribution in [0.2, 0.25) is 0 Å². The molecule has 0 heterocycles. The molecule has 116 valence electrons.